The predicted molar refractivity (Wildman–Crippen MR) is 90.4 cm³/mol. The molecule has 3 aromatic rings. The molecule has 138 valence electrons. The number of sulfonamides is 1. The Labute approximate surface area is 149 Å². The van der Waals surface area contributed by atoms with Crippen LogP contribution in [0, 0.1) is 0 Å². The summed E-state index contributed by atoms with van der Waals surface area (Å²) in [5.41, 5.74) is 0.862. The van der Waals surface area contributed by atoms with Crippen molar-refractivity contribution in [2.24, 2.45) is 0 Å². The van der Waals surface area contributed by atoms with Crippen LogP contribution in [0.3, 0.4) is 0 Å². The van der Waals surface area contributed by atoms with Crippen LogP contribution in [0.25, 0.3) is 11.0 Å². The van der Waals surface area contributed by atoms with E-state index in [4.69, 9.17) is 9.05 Å². The number of β-amino-alcohol motifs (C(OH)–C–C–N with tert-alkyl or cyclic N) is 1. The highest BCUT2D eigenvalue weighted by molar-refractivity contribution is 7.88. The molecular formula is C16H18N4O5S. The highest BCUT2D eigenvalue weighted by Crippen LogP contribution is 2.35. The molecule has 0 aliphatic carbocycles. The van der Waals surface area contributed by atoms with Crippen molar-refractivity contribution < 1.29 is 22.6 Å². The Morgan fingerprint density at radius 2 is 2.08 bits per heavy atom. The van der Waals surface area contributed by atoms with Crippen molar-refractivity contribution in [3.8, 4) is 0 Å². The Balaban J connectivity index is 1.65. The molecule has 1 aliphatic rings. The molecule has 0 spiro atoms. The Hall–Kier alpha value is -2.30. The van der Waals surface area contributed by atoms with Gasteiger partial charge < -0.3 is 14.2 Å². The van der Waals surface area contributed by atoms with Gasteiger partial charge in [0.25, 0.3) is 0 Å². The summed E-state index contributed by atoms with van der Waals surface area (Å²) in [5.74, 6) is 0.371. The van der Waals surface area contributed by atoms with E-state index in [0.29, 0.717) is 28.9 Å². The summed E-state index contributed by atoms with van der Waals surface area (Å²) in [4.78, 5) is 4.23. The SMILES string of the molecule is CCc1noc([C@H]2C[C@H](O)CN2S(=O)(=O)Cc2noc3ccccc23)n1. The second-order valence-corrected chi connectivity index (χ2v) is 8.18. The maximum absolute atomic E-state index is 13.0. The zero-order valence-electron chi connectivity index (χ0n) is 14.1. The van der Waals surface area contributed by atoms with Gasteiger partial charge in [-0.05, 0) is 12.1 Å². The third-order valence-electron chi connectivity index (χ3n) is 4.45. The first-order chi connectivity index (χ1) is 12.5. The zero-order chi connectivity index (χ0) is 18.3. The number of aryl methyl sites for hydroxylation is 1. The average molecular weight is 378 g/mol. The van der Waals surface area contributed by atoms with Crippen LogP contribution >= 0.6 is 0 Å². The number of nitrogens with zero attached hydrogens (tertiary/aromatic N) is 4. The molecule has 0 saturated carbocycles. The van der Waals surface area contributed by atoms with Crippen molar-refractivity contribution in [3.05, 3.63) is 41.7 Å². The predicted octanol–water partition coefficient (Wildman–Crippen LogP) is 1.41. The number of aromatic nitrogens is 3. The lowest BCUT2D eigenvalue weighted by Gasteiger charge is -2.20. The number of benzene rings is 1. The van der Waals surface area contributed by atoms with Gasteiger partial charge in [-0.15, -0.1) is 0 Å². The topological polar surface area (TPSA) is 123 Å². The highest BCUT2D eigenvalue weighted by atomic mass is 32.2. The van der Waals surface area contributed by atoms with Crippen molar-refractivity contribution in [2.45, 2.75) is 37.7 Å². The number of aliphatic hydroxyl groups excluding tert-OH is 1. The Bertz CT molecular complexity index is 1030. The molecular weight excluding hydrogens is 360 g/mol. The fourth-order valence-corrected chi connectivity index (χ4v) is 4.84. The first kappa shape index (κ1) is 17.1. The summed E-state index contributed by atoms with van der Waals surface area (Å²) < 4.78 is 37.6. The molecule has 26 heavy (non-hydrogen) atoms. The van der Waals surface area contributed by atoms with Crippen LogP contribution in [0.15, 0.2) is 33.3 Å². The molecule has 0 bridgehead atoms. The summed E-state index contributed by atoms with van der Waals surface area (Å²) in [6, 6.07) is 6.40. The molecule has 1 aromatic carbocycles. The van der Waals surface area contributed by atoms with E-state index < -0.39 is 22.2 Å². The van der Waals surface area contributed by atoms with Crippen molar-refractivity contribution in [2.75, 3.05) is 6.54 Å². The molecule has 0 amide bonds. The van der Waals surface area contributed by atoms with Crippen LogP contribution < -0.4 is 0 Å². The number of rotatable bonds is 5. The largest absolute Gasteiger partial charge is 0.392 e. The quantitative estimate of drug-likeness (QED) is 0.707. The van der Waals surface area contributed by atoms with Crippen molar-refractivity contribution in [1.29, 1.82) is 0 Å². The lowest BCUT2D eigenvalue weighted by molar-refractivity contribution is 0.188. The van der Waals surface area contributed by atoms with E-state index in [0.717, 1.165) is 0 Å². The minimum absolute atomic E-state index is 0.0212. The number of aliphatic hydroxyl groups is 1. The monoisotopic (exact) mass is 378 g/mol. The van der Waals surface area contributed by atoms with Crippen molar-refractivity contribution in [1.82, 2.24) is 19.6 Å². The van der Waals surface area contributed by atoms with Gasteiger partial charge in [0.1, 0.15) is 17.5 Å². The first-order valence-corrected chi connectivity index (χ1v) is 9.92. The highest BCUT2D eigenvalue weighted by Gasteiger charge is 2.43. The van der Waals surface area contributed by atoms with Gasteiger partial charge in [-0.2, -0.15) is 9.29 Å². The van der Waals surface area contributed by atoms with Crippen LogP contribution in [0.5, 0.6) is 0 Å². The standard InChI is InChI=1S/C16H18N4O5S/c1-2-15-17-16(25-19-15)13-7-10(21)8-20(13)26(22,23)9-12-11-5-3-4-6-14(11)24-18-12/h3-6,10,13,21H,2,7-9H2,1H3/t10-,13+/m0/s1. The van der Waals surface area contributed by atoms with E-state index in [1.54, 1.807) is 24.3 Å². The summed E-state index contributed by atoms with van der Waals surface area (Å²) in [6.07, 6.45) is 0.00133. The molecule has 2 atom stereocenters. The lowest BCUT2D eigenvalue weighted by atomic mass is 10.2. The van der Waals surface area contributed by atoms with Gasteiger partial charge in [0.15, 0.2) is 11.4 Å². The van der Waals surface area contributed by atoms with Gasteiger partial charge >= 0.3 is 0 Å². The fraction of sp³-hybridized carbons (Fsp3) is 0.438. The number of hydrogen-bond acceptors (Lipinski definition) is 8. The van der Waals surface area contributed by atoms with E-state index in [2.05, 4.69) is 15.3 Å². The van der Waals surface area contributed by atoms with E-state index in [1.807, 2.05) is 6.92 Å². The van der Waals surface area contributed by atoms with Crippen LogP contribution in [-0.2, 0) is 22.2 Å². The van der Waals surface area contributed by atoms with Crippen molar-refractivity contribution in [3.63, 3.8) is 0 Å². The molecule has 0 radical (unpaired) electrons. The number of para-hydroxylation sites is 1. The summed E-state index contributed by atoms with van der Waals surface area (Å²) in [7, 11) is -3.78. The summed E-state index contributed by atoms with van der Waals surface area (Å²) >= 11 is 0. The minimum atomic E-state index is -3.78. The van der Waals surface area contributed by atoms with E-state index in [9.17, 15) is 13.5 Å². The Morgan fingerprint density at radius 3 is 2.85 bits per heavy atom. The van der Waals surface area contributed by atoms with Gasteiger partial charge in [0.05, 0.1) is 6.10 Å². The third kappa shape index (κ3) is 3.00. The van der Waals surface area contributed by atoms with Crippen LogP contribution in [0.1, 0.15) is 36.8 Å². The summed E-state index contributed by atoms with van der Waals surface area (Å²) in [6.45, 7) is 1.86. The maximum atomic E-state index is 13.0. The molecule has 1 N–H and O–H groups in total. The zero-order valence-corrected chi connectivity index (χ0v) is 14.9. The third-order valence-corrected chi connectivity index (χ3v) is 6.20. The van der Waals surface area contributed by atoms with Gasteiger partial charge in [-0.1, -0.05) is 29.4 Å². The summed E-state index contributed by atoms with van der Waals surface area (Å²) in [5, 5.41) is 18.4. The lowest BCUT2D eigenvalue weighted by Crippen LogP contribution is -2.33. The second-order valence-electron chi connectivity index (χ2n) is 6.26. The van der Waals surface area contributed by atoms with Crippen molar-refractivity contribution >= 4 is 21.0 Å². The molecule has 1 saturated heterocycles. The molecule has 9 nitrogen and oxygen atoms in total. The molecule has 10 heteroatoms. The maximum Gasteiger partial charge on any atom is 0.245 e. The van der Waals surface area contributed by atoms with Crippen LogP contribution in [0.4, 0.5) is 0 Å². The first-order valence-electron chi connectivity index (χ1n) is 8.31. The average Bonchev–Trinajstić information content (AvgIpc) is 3.33. The molecule has 4 rings (SSSR count). The van der Waals surface area contributed by atoms with E-state index >= 15 is 0 Å². The van der Waals surface area contributed by atoms with E-state index in [1.165, 1.54) is 4.31 Å². The van der Waals surface area contributed by atoms with Gasteiger partial charge in [-0.25, -0.2) is 8.42 Å². The molecule has 3 heterocycles. The van der Waals surface area contributed by atoms with Crippen LogP contribution in [-0.4, -0.2) is 45.8 Å². The van der Waals surface area contributed by atoms with Gasteiger partial charge in [0.2, 0.25) is 15.9 Å². The Kier molecular flexibility index (Phi) is 4.25. The molecule has 1 aliphatic heterocycles. The molecule has 2 aromatic heterocycles. The van der Waals surface area contributed by atoms with Gasteiger partial charge in [0, 0.05) is 24.8 Å². The number of fused-ring (bicyclic) bond motifs is 1. The molecule has 0 unspecified atom stereocenters. The van der Waals surface area contributed by atoms with Crippen LogP contribution in [0.2, 0.25) is 0 Å². The molecule has 1 fully saturated rings. The fourth-order valence-electron chi connectivity index (χ4n) is 3.16. The normalized spacial score (nSPS) is 21.6. The smallest absolute Gasteiger partial charge is 0.245 e. The van der Waals surface area contributed by atoms with E-state index in [-0.39, 0.29) is 24.6 Å². The Morgan fingerprint density at radius 1 is 1.27 bits per heavy atom. The van der Waals surface area contributed by atoms with Gasteiger partial charge in [-0.3, -0.25) is 0 Å². The second kappa shape index (κ2) is 6.45. The number of hydrogen-bond donors (Lipinski definition) is 1. The minimum Gasteiger partial charge on any atom is -0.392 e.